The molecule has 0 aliphatic rings. The standard InChI is InChI=1S/C12H12O4/c1-7(13)10-12(15-3)8-5-4-6-9(14-2)11(8)16-10/h4-6H,1-3H3. The molecule has 0 aliphatic carbocycles. The Balaban J connectivity index is 2.80. The summed E-state index contributed by atoms with van der Waals surface area (Å²) in [6, 6.07) is 5.42. The minimum absolute atomic E-state index is 0.171. The summed E-state index contributed by atoms with van der Waals surface area (Å²) in [6.45, 7) is 1.44. The zero-order valence-corrected chi connectivity index (χ0v) is 9.37. The third-order valence-corrected chi connectivity index (χ3v) is 2.38. The minimum atomic E-state index is -0.171. The van der Waals surface area contributed by atoms with Gasteiger partial charge in [-0.05, 0) is 12.1 Å². The Hall–Kier alpha value is -1.97. The molecule has 0 spiro atoms. The van der Waals surface area contributed by atoms with E-state index in [2.05, 4.69) is 0 Å². The summed E-state index contributed by atoms with van der Waals surface area (Å²) >= 11 is 0. The van der Waals surface area contributed by atoms with Gasteiger partial charge in [-0.3, -0.25) is 4.79 Å². The van der Waals surface area contributed by atoms with Crippen LogP contribution in [-0.4, -0.2) is 20.0 Å². The lowest BCUT2D eigenvalue weighted by atomic mass is 10.2. The second-order valence-corrected chi connectivity index (χ2v) is 3.36. The number of hydrogen-bond donors (Lipinski definition) is 0. The van der Waals surface area contributed by atoms with Gasteiger partial charge in [-0.25, -0.2) is 0 Å². The van der Waals surface area contributed by atoms with Crippen LogP contribution in [0.2, 0.25) is 0 Å². The van der Waals surface area contributed by atoms with Crippen molar-refractivity contribution in [3.63, 3.8) is 0 Å². The van der Waals surface area contributed by atoms with E-state index < -0.39 is 0 Å². The first kappa shape index (κ1) is 10.5. The van der Waals surface area contributed by atoms with Crippen LogP contribution in [0.15, 0.2) is 22.6 Å². The zero-order chi connectivity index (χ0) is 11.7. The molecule has 1 heterocycles. The predicted molar refractivity (Wildman–Crippen MR) is 59.3 cm³/mol. The van der Waals surface area contributed by atoms with Gasteiger partial charge in [0.1, 0.15) is 0 Å². The van der Waals surface area contributed by atoms with Gasteiger partial charge in [0.25, 0.3) is 0 Å². The van der Waals surface area contributed by atoms with Crippen molar-refractivity contribution >= 4 is 16.8 Å². The molecular formula is C12H12O4. The first-order chi connectivity index (χ1) is 7.69. The molecule has 0 N–H and O–H groups in total. The molecule has 2 aromatic rings. The van der Waals surface area contributed by atoms with Gasteiger partial charge in [0.05, 0.1) is 19.6 Å². The second kappa shape index (κ2) is 3.89. The second-order valence-electron chi connectivity index (χ2n) is 3.36. The monoisotopic (exact) mass is 220 g/mol. The van der Waals surface area contributed by atoms with Crippen molar-refractivity contribution in [3.8, 4) is 11.5 Å². The summed E-state index contributed by atoms with van der Waals surface area (Å²) in [4.78, 5) is 11.4. The topological polar surface area (TPSA) is 48.7 Å². The molecular weight excluding hydrogens is 208 g/mol. The van der Waals surface area contributed by atoms with Gasteiger partial charge < -0.3 is 13.9 Å². The fourth-order valence-corrected chi connectivity index (χ4v) is 1.67. The molecule has 0 saturated heterocycles. The largest absolute Gasteiger partial charge is 0.493 e. The van der Waals surface area contributed by atoms with Gasteiger partial charge in [0.15, 0.2) is 22.9 Å². The third-order valence-electron chi connectivity index (χ3n) is 2.38. The van der Waals surface area contributed by atoms with E-state index in [9.17, 15) is 4.79 Å². The number of carbonyl (C=O) groups is 1. The number of rotatable bonds is 3. The van der Waals surface area contributed by atoms with Crippen LogP contribution in [0.4, 0.5) is 0 Å². The van der Waals surface area contributed by atoms with Crippen LogP contribution in [0, 0.1) is 0 Å². The van der Waals surface area contributed by atoms with Gasteiger partial charge in [-0.15, -0.1) is 0 Å². The average Bonchev–Trinajstić information content (AvgIpc) is 2.67. The summed E-state index contributed by atoms with van der Waals surface area (Å²) in [5, 5.41) is 0.743. The molecule has 16 heavy (non-hydrogen) atoms. The highest BCUT2D eigenvalue weighted by atomic mass is 16.5. The van der Waals surface area contributed by atoms with Crippen molar-refractivity contribution in [2.45, 2.75) is 6.92 Å². The van der Waals surface area contributed by atoms with Crippen molar-refractivity contribution in [3.05, 3.63) is 24.0 Å². The molecule has 2 rings (SSSR count). The Kier molecular flexibility index (Phi) is 2.56. The van der Waals surface area contributed by atoms with Crippen LogP contribution < -0.4 is 9.47 Å². The van der Waals surface area contributed by atoms with E-state index in [1.165, 1.54) is 14.0 Å². The van der Waals surface area contributed by atoms with Gasteiger partial charge in [0.2, 0.25) is 5.76 Å². The summed E-state index contributed by atoms with van der Waals surface area (Å²) in [6.07, 6.45) is 0. The molecule has 4 heteroatoms. The fraction of sp³-hybridized carbons (Fsp3) is 0.250. The van der Waals surface area contributed by atoms with Crippen LogP contribution in [0.3, 0.4) is 0 Å². The van der Waals surface area contributed by atoms with Crippen LogP contribution in [0.1, 0.15) is 17.5 Å². The van der Waals surface area contributed by atoms with Crippen LogP contribution in [0.25, 0.3) is 11.0 Å². The maximum absolute atomic E-state index is 11.4. The number of fused-ring (bicyclic) bond motifs is 1. The maximum Gasteiger partial charge on any atom is 0.212 e. The highest BCUT2D eigenvalue weighted by Crippen LogP contribution is 2.37. The maximum atomic E-state index is 11.4. The quantitative estimate of drug-likeness (QED) is 0.746. The molecule has 0 bridgehead atoms. The summed E-state index contributed by atoms with van der Waals surface area (Å²) in [5.74, 6) is 1.10. The highest BCUT2D eigenvalue weighted by molar-refractivity contribution is 6.02. The SMILES string of the molecule is COc1c(C(C)=O)oc2c(OC)cccc12. The van der Waals surface area contributed by atoms with Crippen molar-refractivity contribution in [2.24, 2.45) is 0 Å². The Bertz CT molecular complexity index is 539. The summed E-state index contributed by atoms with van der Waals surface area (Å²) in [5.41, 5.74) is 0.534. The number of hydrogen-bond acceptors (Lipinski definition) is 4. The van der Waals surface area contributed by atoms with E-state index in [1.54, 1.807) is 13.2 Å². The first-order valence-electron chi connectivity index (χ1n) is 4.83. The van der Waals surface area contributed by atoms with E-state index in [4.69, 9.17) is 13.9 Å². The van der Waals surface area contributed by atoms with E-state index in [0.717, 1.165) is 5.39 Å². The first-order valence-corrected chi connectivity index (χ1v) is 4.83. The number of methoxy groups -OCH3 is 2. The molecule has 0 saturated carbocycles. The van der Waals surface area contributed by atoms with E-state index in [0.29, 0.717) is 17.1 Å². The molecule has 0 radical (unpaired) electrons. The molecule has 0 atom stereocenters. The van der Waals surface area contributed by atoms with Crippen LogP contribution >= 0.6 is 0 Å². The number of furan rings is 1. The fourth-order valence-electron chi connectivity index (χ4n) is 1.67. The molecule has 84 valence electrons. The molecule has 4 nitrogen and oxygen atoms in total. The Morgan fingerprint density at radius 1 is 1.25 bits per heavy atom. The predicted octanol–water partition coefficient (Wildman–Crippen LogP) is 2.65. The number of Topliss-reactive ketones (excluding diaryl/α,β-unsaturated/α-hetero) is 1. The van der Waals surface area contributed by atoms with Gasteiger partial charge >= 0.3 is 0 Å². The molecule has 1 aromatic carbocycles. The smallest absolute Gasteiger partial charge is 0.212 e. The Labute approximate surface area is 92.8 Å². The van der Waals surface area contributed by atoms with Crippen molar-refractivity contribution in [1.29, 1.82) is 0 Å². The molecule has 0 amide bonds. The summed E-state index contributed by atoms with van der Waals surface area (Å²) in [7, 11) is 3.06. The van der Waals surface area contributed by atoms with E-state index >= 15 is 0 Å². The molecule has 1 aromatic heterocycles. The van der Waals surface area contributed by atoms with Gasteiger partial charge in [-0.2, -0.15) is 0 Å². The Morgan fingerprint density at radius 2 is 2.00 bits per heavy atom. The average molecular weight is 220 g/mol. The number of para-hydroxylation sites is 1. The lowest BCUT2D eigenvalue weighted by Crippen LogP contribution is -1.92. The van der Waals surface area contributed by atoms with Crippen LogP contribution in [0.5, 0.6) is 11.5 Å². The number of ether oxygens (including phenoxy) is 2. The van der Waals surface area contributed by atoms with Gasteiger partial charge in [-0.1, -0.05) is 6.07 Å². The summed E-state index contributed by atoms with van der Waals surface area (Å²) < 4.78 is 15.8. The number of carbonyl (C=O) groups excluding carboxylic acids is 1. The van der Waals surface area contributed by atoms with Crippen molar-refractivity contribution in [1.82, 2.24) is 0 Å². The molecule has 0 aliphatic heterocycles. The van der Waals surface area contributed by atoms with E-state index in [1.807, 2.05) is 12.1 Å². The highest BCUT2D eigenvalue weighted by Gasteiger charge is 2.20. The lowest BCUT2D eigenvalue weighted by molar-refractivity contribution is 0.0985. The number of benzene rings is 1. The van der Waals surface area contributed by atoms with Crippen molar-refractivity contribution in [2.75, 3.05) is 14.2 Å². The normalized spacial score (nSPS) is 10.4. The van der Waals surface area contributed by atoms with Gasteiger partial charge in [0, 0.05) is 6.92 Å². The molecule has 0 fully saturated rings. The van der Waals surface area contributed by atoms with Crippen molar-refractivity contribution < 1.29 is 18.7 Å². The number of ketones is 1. The van der Waals surface area contributed by atoms with Crippen LogP contribution in [-0.2, 0) is 0 Å². The minimum Gasteiger partial charge on any atom is -0.493 e. The van der Waals surface area contributed by atoms with E-state index in [-0.39, 0.29) is 11.5 Å². The lowest BCUT2D eigenvalue weighted by Gasteiger charge is -1.99. The zero-order valence-electron chi connectivity index (χ0n) is 9.37. The Morgan fingerprint density at radius 3 is 2.56 bits per heavy atom. The molecule has 0 unspecified atom stereocenters. The third kappa shape index (κ3) is 1.43.